The highest BCUT2D eigenvalue weighted by Crippen LogP contribution is 2.74. The van der Waals surface area contributed by atoms with E-state index in [-0.39, 0.29) is 5.57 Å². The van der Waals surface area contributed by atoms with Crippen molar-refractivity contribution in [1.29, 1.82) is 0 Å². The van der Waals surface area contributed by atoms with Crippen molar-refractivity contribution in [3.8, 4) is 0 Å². The Morgan fingerprint density at radius 1 is 1.02 bits per heavy atom. The smallest absolute Gasteiger partial charge is 0.331 e. The van der Waals surface area contributed by atoms with Crippen LogP contribution in [-0.2, 0) is 39.2 Å². The van der Waals surface area contributed by atoms with Crippen LogP contribution >= 0.6 is 0 Å². The minimum Gasteiger partial charge on any atom is -0.455 e. The van der Waals surface area contributed by atoms with Crippen LogP contribution in [0.15, 0.2) is 103 Å². The maximum Gasteiger partial charge on any atom is 0.331 e. The van der Waals surface area contributed by atoms with Gasteiger partial charge in [0.05, 0.1) is 12.2 Å². The Labute approximate surface area is 277 Å². The number of aliphatic hydroxyl groups is 3. The summed E-state index contributed by atoms with van der Waals surface area (Å²) >= 11 is 0. The first-order valence-corrected chi connectivity index (χ1v) is 16.2. The molecular weight excluding hydrogens is 616 g/mol. The molecule has 3 aliphatic heterocycles. The summed E-state index contributed by atoms with van der Waals surface area (Å²) in [6.45, 7) is 8.79. The highest BCUT2D eigenvalue weighted by molar-refractivity contribution is 6.05. The zero-order valence-corrected chi connectivity index (χ0v) is 26.8. The standard InChI is InChI=1S/C38H38O10/c1-21(2)36-30(44-27(40)18-12-11-15-24-13-7-5-8-14-24)23(4)37-26-19-22(3)29(41)35(26,43)33(42)34(20-39)31(45-34)28(37)32(36)46-38(47-36,48-37)25-16-9-6-10-17-25/h5-19,23,26,28,30-33,39,42-43H,1,20H2,2-4H3/t23-,26+,28-,30-,31+,32-,33-,34+,35-,36+,37+,38-/m1/s1. The van der Waals surface area contributed by atoms with Gasteiger partial charge in [0.2, 0.25) is 0 Å². The molecule has 2 aromatic carbocycles. The Morgan fingerprint density at radius 3 is 2.38 bits per heavy atom. The summed E-state index contributed by atoms with van der Waals surface area (Å²) in [5.74, 6) is -5.98. The van der Waals surface area contributed by atoms with Crippen LogP contribution in [0.25, 0.3) is 6.08 Å². The van der Waals surface area contributed by atoms with Crippen molar-refractivity contribution in [2.75, 3.05) is 6.61 Å². The fourth-order valence-corrected chi connectivity index (χ4v) is 9.34. The molecule has 0 amide bonds. The fourth-order valence-electron chi connectivity index (χ4n) is 9.34. The van der Waals surface area contributed by atoms with Gasteiger partial charge in [-0.05, 0) is 30.6 Å². The molecule has 2 saturated carbocycles. The first kappa shape index (κ1) is 31.5. The molecule has 5 fully saturated rings. The van der Waals surface area contributed by atoms with E-state index in [4.69, 9.17) is 23.7 Å². The third kappa shape index (κ3) is 3.76. The summed E-state index contributed by atoms with van der Waals surface area (Å²) in [7, 11) is 0. The number of aliphatic hydroxyl groups excluding tert-OH is 2. The van der Waals surface area contributed by atoms with Crippen molar-refractivity contribution in [2.24, 2.45) is 17.8 Å². The van der Waals surface area contributed by atoms with E-state index in [1.165, 1.54) is 6.08 Å². The number of rotatable bonds is 7. The molecule has 8 rings (SSSR count). The molecule has 3 saturated heterocycles. The normalized spacial score (nSPS) is 45.0. The van der Waals surface area contributed by atoms with Gasteiger partial charge in [-0.15, -0.1) is 0 Å². The Hall–Kier alpha value is -3.74. The minimum atomic E-state index is -2.43. The Kier molecular flexibility index (Phi) is 6.82. The van der Waals surface area contributed by atoms with E-state index in [9.17, 15) is 24.9 Å². The molecule has 3 aliphatic carbocycles. The molecular formula is C38H38O10. The number of carbonyl (C=O) groups excluding carboxylic acids is 2. The second-order valence-corrected chi connectivity index (χ2v) is 13.9. The number of hydrogen-bond donors (Lipinski definition) is 3. The molecule has 3 bridgehead atoms. The van der Waals surface area contributed by atoms with Gasteiger partial charge >= 0.3 is 11.9 Å². The Balaban J connectivity index is 1.29. The zero-order chi connectivity index (χ0) is 33.9. The van der Waals surface area contributed by atoms with E-state index >= 15 is 0 Å². The number of epoxide rings is 1. The van der Waals surface area contributed by atoms with Crippen LogP contribution in [0.5, 0.6) is 0 Å². The van der Waals surface area contributed by atoms with Gasteiger partial charge in [-0.2, -0.15) is 0 Å². The van der Waals surface area contributed by atoms with Gasteiger partial charge < -0.3 is 39.0 Å². The largest absolute Gasteiger partial charge is 0.455 e. The Bertz CT molecular complexity index is 1790. The van der Waals surface area contributed by atoms with E-state index in [0.29, 0.717) is 11.1 Å². The fraction of sp³-hybridized carbons (Fsp3) is 0.421. The summed E-state index contributed by atoms with van der Waals surface area (Å²) in [5, 5.41) is 34.9. The monoisotopic (exact) mass is 654 g/mol. The van der Waals surface area contributed by atoms with Crippen LogP contribution in [0, 0.1) is 17.8 Å². The number of ether oxygens (including phenoxy) is 5. The van der Waals surface area contributed by atoms with Crippen molar-refractivity contribution in [3.05, 3.63) is 114 Å². The van der Waals surface area contributed by atoms with E-state index in [1.54, 1.807) is 56.3 Å². The molecule has 250 valence electrons. The summed E-state index contributed by atoms with van der Waals surface area (Å²) in [5.41, 5.74) is -4.99. The predicted molar refractivity (Wildman–Crippen MR) is 170 cm³/mol. The topological polar surface area (TPSA) is 144 Å². The van der Waals surface area contributed by atoms with Gasteiger partial charge in [-0.1, -0.05) is 98.5 Å². The molecule has 10 heteroatoms. The predicted octanol–water partition coefficient (Wildman–Crippen LogP) is 3.12. The summed E-state index contributed by atoms with van der Waals surface area (Å²) in [6.07, 6.45) is 3.34. The summed E-state index contributed by atoms with van der Waals surface area (Å²) < 4.78 is 33.4. The van der Waals surface area contributed by atoms with Crippen LogP contribution in [0.3, 0.4) is 0 Å². The molecule has 10 nitrogen and oxygen atoms in total. The van der Waals surface area contributed by atoms with Gasteiger partial charge in [0.1, 0.15) is 30.0 Å². The van der Waals surface area contributed by atoms with Gasteiger partial charge in [-0.3, -0.25) is 4.79 Å². The summed E-state index contributed by atoms with van der Waals surface area (Å²) in [6, 6.07) is 18.6. The third-order valence-electron chi connectivity index (χ3n) is 11.5. The molecule has 3 N–H and O–H groups in total. The van der Waals surface area contributed by atoms with Crippen LogP contribution in [-0.4, -0.2) is 80.5 Å². The molecule has 12 atom stereocenters. The average Bonchev–Trinajstić information content (AvgIpc) is 3.71. The van der Waals surface area contributed by atoms with Crippen molar-refractivity contribution in [2.45, 2.75) is 73.6 Å². The van der Waals surface area contributed by atoms with Crippen LogP contribution in [0.4, 0.5) is 0 Å². The molecule has 48 heavy (non-hydrogen) atoms. The van der Waals surface area contributed by atoms with E-state index in [1.807, 2.05) is 49.4 Å². The van der Waals surface area contributed by atoms with Gasteiger partial charge in [0.15, 0.2) is 17.0 Å². The SMILES string of the molecule is C=C(C)[C@@]12O[C@@]3(c4ccccc4)O[C@@H]1[C@H]1[C@@H]4O[C@]4(CO)[C@@H](O)[C@]4(O)C(=O)C(C)=C[C@@H]4[C@@]1(O3)[C@H](C)[C@H]2OC(=O)C=CC=Cc1ccccc1. The lowest BCUT2D eigenvalue weighted by molar-refractivity contribution is -0.440. The number of allylic oxidation sites excluding steroid dienone is 2. The molecule has 0 spiro atoms. The highest BCUT2D eigenvalue weighted by atomic mass is 16.9. The van der Waals surface area contributed by atoms with Crippen LogP contribution in [0.2, 0.25) is 0 Å². The lowest BCUT2D eigenvalue weighted by atomic mass is 9.53. The number of Topliss-reactive ketones (excluding diaryl/α,β-unsaturated/α-hetero) is 1. The number of benzene rings is 2. The third-order valence-corrected chi connectivity index (χ3v) is 11.5. The average molecular weight is 655 g/mol. The van der Waals surface area contributed by atoms with Gasteiger partial charge in [0, 0.05) is 29.4 Å². The first-order valence-electron chi connectivity index (χ1n) is 16.2. The summed E-state index contributed by atoms with van der Waals surface area (Å²) in [4.78, 5) is 27.5. The molecule has 0 unspecified atom stereocenters. The van der Waals surface area contributed by atoms with Crippen LogP contribution < -0.4 is 0 Å². The van der Waals surface area contributed by atoms with Gasteiger partial charge in [-0.25, -0.2) is 4.79 Å². The highest BCUT2D eigenvalue weighted by Gasteiger charge is 2.90. The number of carbonyl (C=O) groups is 2. The van der Waals surface area contributed by atoms with E-state index < -0.39 is 88.9 Å². The Morgan fingerprint density at radius 2 is 1.71 bits per heavy atom. The molecule has 0 aromatic heterocycles. The van der Waals surface area contributed by atoms with E-state index in [0.717, 1.165) is 5.56 Å². The van der Waals surface area contributed by atoms with Crippen LogP contribution in [0.1, 0.15) is 31.9 Å². The van der Waals surface area contributed by atoms with Crippen molar-refractivity contribution < 1.29 is 48.6 Å². The molecule has 0 radical (unpaired) electrons. The number of hydrogen-bond acceptors (Lipinski definition) is 10. The number of fused-ring (bicyclic) bond motifs is 3. The van der Waals surface area contributed by atoms with Crippen molar-refractivity contribution >= 4 is 17.8 Å². The van der Waals surface area contributed by atoms with Gasteiger partial charge in [0.25, 0.3) is 0 Å². The second-order valence-electron chi connectivity index (χ2n) is 13.9. The maximum atomic E-state index is 13.9. The molecule has 3 heterocycles. The first-order chi connectivity index (χ1) is 22.9. The molecule has 6 aliphatic rings. The van der Waals surface area contributed by atoms with Crippen molar-refractivity contribution in [3.63, 3.8) is 0 Å². The quantitative estimate of drug-likeness (QED) is 0.134. The maximum absolute atomic E-state index is 13.9. The van der Waals surface area contributed by atoms with Crippen molar-refractivity contribution in [1.82, 2.24) is 0 Å². The lowest BCUT2D eigenvalue weighted by Crippen LogP contribution is -2.76. The second kappa shape index (κ2) is 10.4. The lowest BCUT2D eigenvalue weighted by Gasteiger charge is -2.61. The minimum absolute atomic E-state index is 0.226. The number of ketones is 1. The number of esters is 1. The van der Waals surface area contributed by atoms with E-state index in [2.05, 4.69) is 6.58 Å². The molecule has 2 aromatic rings. The zero-order valence-electron chi connectivity index (χ0n) is 26.8.